The molecule has 0 atom stereocenters. The predicted molar refractivity (Wildman–Crippen MR) is 107 cm³/mol. The fourth-order valence-corrected chi connectivity index (χ4v) is 2.39. The third-order valence-electron chi connectivity index (χ3n) is 3.95. The number of amides is 1. The van der Waals surface area contributed by atoms with Gasteiger partial charge in [-0.3, -0.25) is 14.4 Å². The zero-order valence-corrected chi connectivity index (χ0v) is 16.4. The van der Waals surface area contributed by atoms with E-state index in [2.05, 4.69) is 5.32 Å². The van der Waals surface area contributed by atoms with Crippen LogP contribution in [-0.4, -0.2) is 36.7 Å². The number of carbonyl (C=O) groups is 4. The third kappa shape index (κ3) is 7.21. The Hall–Kier alpha value is -3.48. The summed E-state index contributed by atoms with van der Waals surface area (Å²) in [5.41, 5.74) is 1.51. The topological polar surface area (TPSA) is 98.8 Å². The Morgan fingerprint density at radius 2 is 1.48 bits per heavy atom. The molecule has 0 aliphatic heterocycles. The van der Waals surface area contributed by atoms with Gasteiger partial charge in [0.2, 0.25) is 5.91 Å². The van der Waals surface area contributed by atoms with Gasteiger partial charge in [0.25, 0.3) is 0 Å². The molecule has 7 heteroatoms. The maximum Gasteiger partial charge on any atom is 0.344 e. The molecule has 0 spiro atoms. The number of Topliss-reactive ketones (excluding diaryl/α,β-unsaturated/α-hetero) is 2. The highest BCUT2D eigenvalue weighted by Crippen LogP contribution is 2.13. The Morgan fingerprint density at radius 3 is 2.07 bits per heavy atom. The molecule has 0 bridgehead atoms. The Kier molecular flexibility index (Phi) is 8.09. The summed E-state index contributed by atoms with van der Waals surface area (Å²) in [4.78, 5) is 46.7. The molecule has 2 aromatic rings. The van der Waals surface area contributed by atoms with Crippen LogP contribution in [0.5, 0.6) is 5.75 Å². The first-order valence-electron chi connectivity index (χ1n) is 9.21. The minimum Gasteiger partial charge on any atom is -0.482 e. The van der Waals surface area contributed by atoms with Crippen LogP contribution in [0.2, 0.25) is 0 Å². The maximum absolute atomic E-state index is 12.1. The lowest BCUT2D eigenvalue weighted by Crippen LogP contribution is -2.19. The van der Waals surface area contributed by atoms with Crippen LogP contribution in [0.15, 0.2) is 48.5 Å². The molecule has 0 saturated carbocycles. The van der Waals surface area contributed by atoms with Crippen LogP contribution in [0.1, 0.15) is 47.4 Å². The molecule has 0 fully saturated rings. The Bertz CT molecular complexity index is 871. The van der Waals surface area contributed by atoms with Gasteiger partial charge in [0.1, 0.15) is 5.75 Å². The fraction of sp³-hybridized carbons (Fsp3) is 0.273. The van der Waals surface area contributed by atoms with Crippen LogP contribution in [0, 0.1) is 0 Å². The molecule has 1 N–H and O–H groups in total. The van der Waals surface area contributed by atoms with E-state index in [0.717, 1.165) is 6.42 Å². The highest BCUT2D eigenvalue weighted by molar-refractivity contribution is 5.99. The number of ether oxygens (including phenoxy) is 2. The molecule has 0 aliphatic rings. The van der Waals surface area contributed by atoms with Gasteiger partial charge < -0.3 is 14.8 Å². The minimum absolute atomic E-state index is 0.0640. The van der Waals surface area contributed by atoms with Crippen LogP contribution in [-0.2, 0) is 14.3 Å². The molecule has 2 aromatic carbocycles. The van der Waals surface area contributed by atoms with Crippen LogP contribution < -0.4 is 10.1 Å². The molecular weight excluding hydrogens is 374 g/mol. The molecule has 152 valence electrons. The summed E-state index contributed by atoms with van der Waals surface area (Å²) >= 11 is 0. The molecule has 29 heavy (non-hydrogen) atoms. The average Bonchev–Trinajstić information content (AvgIpc) is 2.71. The van der Waals surface area contributed by atoms with Crippen molar-refractivity contribution in [2.24, 2.45) is 0 Å². The quantitative estimate of drug-likeness (QED) is 0.487. The molecule has 2 rings (SSSR count). The zero-order chi connectivity index (χ0) is 21.2. The van der Waals surface area contributed by atoms with Crippen molar-refractivity contribution in [1.82, 2.24) is 0 Å². The second-order valence-electron chi connectivity index (χ2n) is 6.33. The van der Waals surface area contributed by atoms with Gasteiger partial charge in [-0.15, -0.1) is 0 Å². The molecule has 1 amide bonds. The van der Waals surface area contributed by atoms with E-state index in [0.29, 0.717) is 29.0 Å². The molecule has 0 radical (unpaired) electrons. The molecular formula is C22H23NO6. The van der Waals surface area contributed by atoms with Crippen molar-refractivity contribution in [3.63, 3.8) is 0 Å². The number of ketones is 2. The van der Waals surface area contributed by atoms with E-state index in [1.165, 1.54) is 6.92 Å². The van der Waals surface area contributed by atoms with Crippen molar-refractivity contribution in [2.45, 2.75) is 26.7 Å². The summed E-state index contributed by atoms with van der Waals surface area (Å²) in [7, 11) is 0. The summed E-state index contributed by atoms with van der Waals surface area (Å²) in [5.74, 6) is -0.783. The molecule has 0 aliphatic carbocycles. The summed E-state index contributed by atoms with van der Waals surface area (Å²) in [6.07, 6.45) is 1.18. The first-order valence-corrected chi connectivity index (χ1v) is 9.21. The lowest BCUT2D eigenvalue weighted by atomic mass is 10.1. The smallest absolute Gasteiger partial charge is 0.344 e. The highest BCUT2D eigenvalue weighted by Gasteiger charge is 2.11. The lowest BCUT2D eigenvalue weighted by Gasteiger charge is -2.08. The maximum atomic E-state index is 12.1. The van der Waals surface area contributed by atoms with Crippen molar-refractivity contribution >= 4 is 29.1 Å². The zero-order valence-electron chi connectivity index (χ0n) is 16.4. The van der Waals surface area contributed by atoms with E-state index < -0.39 is 12.6 Å². The van der Waals surface area contributed by atoms with E-state index in [1.54, 1.807) is 48.5 Å². The normalized spacial score (nSPS) is 10.1. The van der Waals surface area contributed by atoms with Crippen LogP contribution >= 0.6 is 0 Å². The largest absolute Gasteiger partial charge is 0.482 e. The van der Waals surface area contributed by atoms with E-state index >= 15 is 0 Å². The SMILES string of the molecule is CCCC(=O)Nc1ccc(C(=O)COC(=O)COc2ccc(C(C)=O)cc2)cc1. The van der Waals surface area contributed by atoms with Gasteiger partial charge in [-0.2, -0.15) is 0 Å². The standard InChI is InChI=1S/C22H23NO6/c1-3-4-21(26)23-18-9-5-17(6-10-18)20(25)13-29-22(27)14-28-19-11-7-16(8-12-19)15(2)24/h5-12H,3-4,13-14H2,1-2H3,(H,23,26). The van der Waals surface area contributed by atoms with Gasteiger partial charge in [-0.1, -0.05) is 6.92 Å². The van der Waals surface area contributed by atoms with Crippen LogP contribution in [0.4, 0.5) is 5.69 Å². The number of nitrogens with one attached hydrogen (secondary N) is 1. The molecule has 0 heterocycles. The molecule has 0 aromatic heterocycles. The van der Waals surface area contributed by atoms with Crippen molar-refractivity contribution in [2.75, 3.05) is 18.5 Å². The van der Waals surface area contributed by atoms with E-state index in [9.17, 15) is 19.2 Å². The van der Waals surface area contributed by atoms with Crippen molar-refractivity contribution in [3.05, 3.63) is 59.7 Å². The summed E-state index contributed by atoms with van der Waals surface area (Å²) in [5, 5.41) is 2.73. The minimum atomic E-state index is -0.683. The van der Waals surface area contributed by atoms with E-state index in [1.807, 2.05) is 6.92 Å². The lowest BCUT2D eigenvalue weighted by molar-refractivity contribution is -0.144. The molecule has 7 nitrogen and oxygen atoms in total. The number of hydrogen-bond donors (Lipinski definition) is 1. The second-order valence-corrected chi connectivity index (χ2v) is 6.33. The molecule has 0 unspecified atom stereocenters. The average molecular weight is 397 g/mol. The summed E-state index contributed by atoms with van der Waals surface area (Å²) < 4.78 is 10.2. The highest BCUT2D eigenvalue weighted by atomic mass is 16.6. The number of benzene rings is 2. The van der Waals surface area contributed by atoms with E-state index in [4.69, 9.17) is 9.47 Å². The van der Waals surface area contributed by atoms with Gasteiger partial charge in [-0.05, 0) is 61.9 Å². The van der Waals surface area contributed by atoms with Gasteiger partial charge in [0.05, 0.1) is 0 Å². The van der Waals surface area contributed by atoms with Crippen LogP contribution in [0.25, 0.3) is 0 Å². The predicted octanol–water partition coefficient (Wildman–Crippen LogP) is 3.43. The molecule has 0 saturated heterocycles. The Morgan fingerprint density at radius 1 is 0.862 bits per heavy atom. The number of anilines is 1. The van der Waals surface area contributed by atoms with Gasteiger partial charge in [0.15, 0.2) is 24.8 Å². The van der Waals surface area contributed by atoms with Gasteiger partial charge in [-0.25, -0.2) is 4.79 Å². The first-order chi connectivity index (χ1) is 13.9. The number of esters is 1. The second kappa shape index (κ2) is 10.8. The van der Waals surface area contributed by atoms with Crippen molar-refractivity contribution in [1.29, 1.82) is 0 Å². The summed E-state index contributed by atoms with van der Waals surface area (Å²) in [6, 6.07) is 12.7. The third-order valence-corrected chi connectivity index (χ3v) is 3.95. The Balaban J connectivity index is 1.77. The number of hydrogen-bond acceptors (Lipinski definition) is 6. The van der Waals surface area contributed by atoms with Gasteiger partial charge in [0, 0.05) is 23.2 Å². The van der Waals surface area contributed by atoms with E-state index in [-0.39, 0.29) is 24.1 Å². The van der Waals surface area contributed by atoms with Crippen molar-refractivity contribution in [3.8, 4) is 5.75 Å². The first kappa shape index (κ1) is 21.8. The fourth-order valence-electron chi connectivity index (χ4n) is 2.39. The van der Waals surface area contributed by atoms with Crippen molar-refractivity contribution < 1.29 is 28.7 Å². The monoisotopic (exact) mass is 397 g/mol. The van der Waals surface area contributed by atoms with Gasteiger partial charge >= 0.3 is 5.97 Å². The summed E-state index contributed by atoms with van der Waals surface area (Å²) in [6.45, 7) is 2.61. The number of rotatable bonds is 10. The Labute approximate surface area is 169 Å². The van der Waals surface area contributed by atoms with Crippen LogP contribution in [0.3, 0.4) is 0 Å². The number of carbonyl (C=O) groups excluding carboxylic acids is 4.